The Labute approximate surface area is 165 Å². The fourth-order valence-corrected chi connectivity index (χ4v) is 3.82. The van der Waals surface area contributed by atoms with E-state index in [0.29, 0.717) is 49.8 Å². The molecule has 1 heterocycles. The SMILES string of the molecule is CCOCCOc1ncc(NC(=O)C2(c3ccccc3F)CCCC2)cc1C. The van der Waals surface area contributed by atoms with E-state index < -0.39 is 5.41 Å². The number of carbonyl (C=O) groups is 1. The van der Waals surface area contributed by atoms with Gasteiger partial charge in [-0.15, -0.1) is 0 Å². The van der Waals surface area contributed by atoms with E-state index >= 15 is 0 Å². The van der Waals surface area contributed by atoms with Crippen LogP contribution in [0.3, 0.4) is 0 Å². The summed E-state index contributed by atoms with van der Waals surface area (Å²) in [6.07, 6.45) is 4.68. The second-order valence-electron chi connectivity index (χ2n) is 7.11. The van der Waals surface area contributed by atoms with Gasteiger partial charge in [0.1, 0.15) is 12.4 Å². The Morgan fingerprint density at radius 1 is 1.25 bits per heavy atom. The molecule has 0 bridgehead atoms. The van der Waals surface area contributed by atoms with Crippen molar-refractivity contribution in [3.8, 4) is 5.88 Å². The van der Waals surface area contributed by atoms with Crippen LogP contribution in [0.25, 0.3) is 0 Å². The van der Waals surface area contributed by atoms with Crippen LogP contribution in [0.2, 0.25) is 0 Å². The Morgan fingerprint density at radius 2 is 2.00 bits per heavy atom. The summed E-state index contributed by atoms with van der Waals surface area (Å²) in [5.41, 5.74) is 1.06. The fraction of sp³-hybridized carbons (Fsp3) is 0.455. The lowest BCUT2D eigenvalue weighted by Crippen LogP contribution is -2.38. The molecule has 1 amide bonds. The summed E-state index contributed by atoms with van der Waals surface area (Å²) in [5, 5.41) is 2.95. The van der Waals surface area contributed by atoms with Gasteiger partial charge in [-0.25, -0.2) is 9.37 Å². The van der Waals surface area contributed by atoms with E-state index in [4.69, 9.17) is 9.47 Å². The monoisotopic (exact) mass is 386 g/mol. The third-order valence-corrected chi connectivity index (χ3v) is 5.24. The molecule has 1 saturated carbocycles. The van der Waals surface area contributed by atoms with Gasteiger partial charge in [0.25, 0.3) is 0 Å². The van der Waals surface area contributed by atoms with Crippen molar-refractivity contribution >= 4 is 11.6 Å². The first-order chi connectivity index (χ1) is 13.6. The minimum atomic E-state index is -0.827. The molecule has 1 N–H and O–H groups in total. The summed E-state index contributed by atoms with van der Waals surface area (Å²) >= 11 is 0. The molecule has 1 aromatic heterocycles. The van der Waals surface area contributed by atoms with Crippen molar-refractivity contribution in [3.05, 3.63) is 53.5 Å². The summed E-state index contributed by atoms with van der Waals surface area (Å²) in [4.78, 5) is 17.5. The highest BCUT2D eigenvalue weighted by Gasteiger charge is 2.44. The average molecular weight is 386 g/mol. The van der Waals surface area contributed by atoms with Crippen LogP contribution in [0.1, 0.15) is 43.7 Å². The van der Waals surface area contributed by atoms with Crippen molar-refractivity contribution in [2.45, 2.75) is 44.9 Å². The van der Waals surface area contributed by atoms with E-state index in [0.717, 1.165) is 18.4 Å². The van der Waals surface area contributed by atoms with E-state index in [1.165, 1.54) is 6.07 Å². The molecule has 1 aliphatic carbocycles. The van der Waals surface area contributed by atoms with E-state index in [2.05, 4.69) is 10.3 Å². The van der Waals surface area contributed by atoms with Gasteiger partial charge in [0, 0.05) is 17.7 Å². The third-order valence-electron chi connectivity index (χ3n) is 5.24. The Bertz CT molecular complexity index is 819. The molecule has 0 atom stereocenters. The molecule has 0 unspecified atom stereocenters. The fourth-order valence-electron chi connectivity index (χ4n) is 3.82. The maximum atomic E-state index is 14.5. The van der Waals surface area contributed by atoms with Gasteiger partial charge in [0.15, 0.2) is 0 Å². The van der Waals surface area contributed by atoms with Gasteiger partial charge in [-0.05, 0) is 38.8 Å². The molecule has 0 spiro atoms. The highest BCUT2D eigenvalue weighted by molar-refractivity contribution is 5.99. The van der Waals surface area contributed by atoms with Crippen LogP contribution >= 0.6 is 0 Å². The quantitative estimate of drug-likeness (QED) is 0.684. The number of anilines is 1. The predicted molar refractivity (Wildman–Crippen MR) is 106 cm³/mol. The minimum Gasteiger partial charge on any atom is -0.475 e. The highest BCUT2D eigenvalue weighted by atomic mass is 19.1. The Kier molecular flexibility index (Phi) is 6.62. The summed E-state index contributed by atoms with van der Waals surface area (Å²) in [6, 6.07) is 8.40. The van der Waals surface area contributed by atoms with E-state index in [9.17, 15) is 9.18 Å². The number of aryl methyl sites for hydroxylation is 1. The molecule has 6 heteroatoms. The lowest BCUT2D eigenvalue weighted by atomic mass is 9.77. The zero-order valence-corrected chi connectivity index (χ0v) is 16.5. The number of rotatable bonds is 8. The average Bonchev–Trinajstić information content (AvgIpc) is 3.18. The number of nitrogens with one attached hydrogen (secondary N) is 1. The van der Waals surface area contributed by atoms with Crippen molar-refractivity contribution < 1.29 is 18.7 Å². The third kappa shape index (κ3) is 4.33. The normalized spacial score (nSPS) is 15.4. The van der Waals surface area contributed by atoms with Crippen LogP contribution in [0.5, 0.6) is 5.88 Å². The summed E-state index contributed by atoms with van der Waals surface area (Å²) < 4.78 is 25.3. The topological polar surface area (TPSA) is 60.5 Å². The first-order valence-corrected chi connectivity index (χ1v) is 9.80. The van der Waals surface area contributed by atoms with Crippen molar-refractivity contribution in [2.24, 2.45) is 0 Å². The summed E-state index contributed by atoms with van der Waals surface area (Å²) in [6.45, 7) is 5.37. The zero-order chi connectivity index (χ0) is 20.0. The molecular weight excluding hydrogens is 359 g/mol. The second kappa shape index (κ2) is 9.15. The number of aromatic nitrogens is 1. The number of nitrogens with zero attached hydrogens (tertiary/aromatic N) is 1. The molecule has 2 aromatic rings. The number of hydrogen-bond acceptors (Lipinski definition) is 4. The molecule has 150 valence electrons. The molecule has 0 radical (unpaired) electrons. The van der Waals surface area contributed by atoms with Crippen molar-refractivity contribution in [1.29, 1.82) is 0 Å². The zero-order valence-electron chi connectivity index (χ0n) is 16.5. The molecule has 0 aliphatic heterocycles. The number of ether oxygens (including phenoxy) is 2. The van der Waals surface area contributed by atoms with Gasteiger partial charge < -0.3 is 14.8 Å². The number of carbonyl (C=O) groups excluding carboxylic acids is 1. The standard InChI is InChI=1S/C22H27FN2O3/c1-3-27-12-13-28-20-16(2)14-17(15-24-20)25-21(26)22(10-6-7-11-22)18-8-4-5-9-19(18)23/h4-5,8-9,14-15H,3,6-7,10-13H2,1-2H3,(H,25,26). The maximum Gasteiger partial charge on any atom is 0.235 e. The van der Waals surface area contributed by atoms with Gasteiger partial charge in [0.2, 0.25) is 11.8 Å². The lowest BCUT2D eigenvalue weighted by molar-refractivity contribution is -0.121. The largest absolute Gasteiger partial charge is 0.475 e. The second-order valence-corrected chi connectivity index (χ2v) is 7.11. The van der Waals surface area contributed by atoms with Crippen molar-refractivity contribution in [1.82, 2.24) is 4.98 Å². The van der Waals surface area contributed by atoms with Crippen LogP contribution < -0.4 is 10.1 Å². The summed E-state index contributed by atoms with van der Waals surface area (Å²) in [5.74, 6) is 0.00982. The number of halogens is 1. The first-order valence-electron chi connectivity index (χ1n) is 9.80. The van der Waals surface area contributed by atoms with Crippen LogP contribution in [0.4, 0.5) is 10.1 Å². The van der Waals surface area contributed by atoms with Gasteiger partial charge in [-0.3, -0.25) is 4.79 Å². The lowest BCUT2D eigenvalue weighted by Gasteiger charge is -2.28. The van der Waals surface area contributed by atoms with E-state index in [-0.39, 0.29) is 11.7 Å². The van der Waals surface area contributed by atoms with E-state index in [1.54, 1.807) is 24.4 Å². The Hall–Kier alpha value is -2.47. The molecular formula is C22H27FN2O3. The molecule has 1 aromatic carbocycles. The van der Waals surface area contributed by atoms with Crippen LogP contribution in [0.15, 0.2) is 36.5 Å². The molecule has 5 nitrogen and oxygen atoms in total. The minimum absolute atomic E-state index is 0.179. The smallest absolute Gasteiger partial charge is 0.235 e. The Morgan fingerprint density at radius 3 is 2.68 bits per heavy atom. The molecule has 1 aliphatic rings. The van der Waals surface area contributed by atoms with Gasteiger partial charge in [-0.1, -0.05) is 31.0 Å². The van der Waals surface area contributed by atoms with Gasteiger partial charge in [-0.2, -0.15) is 0 Å². The molecule has 28 heavy (non-hydrogen) atoms. The number of amides is 1. The number of benzene rings is 1. The molecule has 1 fully saturated rings. The van der Waals surface area contributed by atoms with Crippen molar-refractivity contribution in [2.75, 3.05) is 25.1 Å². The Balaban J connectivity index is 1.74. The highest BCUT2D eigenvalue weighted by Crippen LogP contribution is 2.43. The first kappa shape index (κ1) is 20.3. The van der Waals surface area contributed by atoms with Crippen LogP contribution in [0, 0.1) is 12.7 Å². The molecule has 0 saturated heterocycles. The molecule has 3 rings (SSSR count). The maximum absolute atomic E-state index is 14.5. The number of hydrogen-bond donors (Lipinski definition) is 1. The predicted octanol–water partition coefficient (Wildman–Crippen LogP) is 4.39. The van der Waals surface area contributed by atoms with Crippen molar-refractivity contribution in [3.63, 3.8) is 0 Å². The van der Waals surface area contributed by atoms with Gasteiger partial charge >= 0.3 is 0 Å². The summed E-state index contributed by atoms with van der Waals surface area (Å²) in [7, 11) is 0. The number of pyridine rings is 1. The van der Waals surface area contributed by atoms with Gasteiger partial charge in [0.05, 0.1) is 23.9 Å². The van der Waals surface area contributed by atoms with E-state index in [1.807, 2.05) is 19.9 Å². The van der Waals surface area contributed by atoms with Crippen LogP contribution in [-0.2, 0) is 14.9 Å². The van der Waals surface area contributed by atoms with Crippen LogP contribution in [-0.4, -0.2) is 30.7 Å².